The second kappa shape index (κ2) is 12.5. The van der Waals surface area contributed by atoms with Crippen LogP contribution in [0.5, 0.6) is 11.5 Å². The molecular weight excluding hydrogens is 617 g/mol. The van der Waals surface area contributed by atoms with Gasteiger partial charge in [0.2, 0.25) is 16.0 Å². The number of benzene rings is 3. The number of ether oxygens (including phenoxy) is 2. The molecule has 0 N–H and O–H groups in total. The molecule has 1 aliphatic carbocycles. The lowest BCUT2D eigenvalue weighted by atomic mass is 9.63. The molecule has 1 spiro atoms. The molecule has 0 radical (unpaired) electrons. The molecule has 0 atom stereocenters. The Balaban J connectivity index is 1.14. The van der Waals surface area contributed by atoms with Crippen LogP contribution in [0.4, 0.5) is 16.0 Å². The fourth-order valence-corrected chi connectivity index (χ4v) is 7.16. The van der Waals surface area contributed by atoms with Crippen LogP contribution in [0, 0.1) is 22.6 Å². The summed E-state index contributed by atoms with van der Waals surface area (Å²) in [5.74, 6) is 0.952. The molecule has 2 aliphatic rings. The Morgan fingerprint density at radius 1 is 1.02 bits per heavy atom. The monoisotopic (exact) mass is 655 g/mol. The second-order valence-corrected chi connectivity index (χ2v) is 15.0. The number of anilines is 2. The minimum atomic E-state index is -3.68. The van der Waals surface area contributed by atoms with E-state index in [-0.39, 0.29) is 24.9 Å². The van der Waals surface area contributed by atoms with Gasteiger partial charge in [-0.05, 0) is 72.0 Å². The van der Waals surface area contributed by atoms with Gasteiger partial charge < -0.3 is 14.4 Å². The molecule has 2 heterocycles. The van der Waals surface area contributed by atoms with E-state index in [4.69, 9.17) is 9.47 Å². The van der Waals surface area contributed by atoms with Crippen LogP contribution in [0.15, 0.2) is 72.9 Å². The Kier molecular flexibility index (Phi) is 8.57. The van der Waals surface area contributed by atoms with E-state index in [9.17, 15) is 13.7 Å². The van der Waals surface area contributed by atoms with Gasteiger partial charge in [-0.1, -0.05) is 44.5 Å². The van der Waals surface area contributed by atoms with Crippen molar-refractivity contribution in [2.24, 2.45) is 5.41 Å². The van der Waals surface area contributed by atoms with Crippen LogP contribution in [0.2, 0.25) is 0 Å². The maximum absolute atomic E-state index is 15.5. The fourth-order valence-electron chi connectivity index (χ4n) is 6.39. The minimum Gasteiger partial charge on any atom is -0.497 e. The van der Waals surface area contributed by atoms with Crippen molar-refractivity contribution in [3.05, 3.63) is 107 Å². The van der Waals surface area contributed by atoms with E-state index in [2.05, 4.69) is 16.0 Å². The second-order valence-electron chi connectivity index (χ2n) is 13.1. The van der Waals surface area contributed by atoms with Crippen molar-refractivity contribution in [2.75, 3.05) is 35.7 Å². The first-order valence-corrected chi connectivity index (χ1v) is 17.4. The number of hydrogen-bond acceptors (Lipinski definition) is 8. The fraction of sp³-hybridized carbons (Fsp3) is 0.361. The zero-order chi connectivity index (χ0) is 33.4. The molecule has 9 nitrogen and oxygen atoms in total. The molecule has 3 aromatic carbocycles. The number of hydrogen-bond donors (Lipinski definition) is 0. The Bertz CT molecular complexity index is 1910. The van der Waals surface area contributed by atoms with Gasteiger partial charge in [0.25, 0.3) is 0 Å². The third kappa shape index (κ3) is 6.60. The van der Waals surface area contributed by atoms with Gasteiger partial charge in [-0.25, -0.2) is 27.1 Å². The van der Waals surface area contributed by atoms with Crippen LogP contribution >= 0.6 is 0 Å². The number of aromatic nitrogens is 2. The summed E-state index contributed by atoms with van der Waals surface area (Å²) in [6.07, 6.45) is 6.23. The molecule has 1 aromatic heterocycles. The maximum Gasteiger partial charge on any atom is 0.239 e. The molecule has 244 valence electrons. The van der Waals surface area contributed by atoms with Crippen LogP contribution in [0.25, 0.3) is 0 Å². The summed E-state index contributed by atoms with van der Waals surface area (Å²) < 4.78 is 53.2. The van der Waals surface area contributed by atoms with Crippen LogP contribution in [0.1, 0.15) is 61.1 Å². The zero-order valence-electron chi connectivity index (χ0n) is 27.0. The summed E-state index contributed by atoms with van der Waals surface area (Å²) in [4.78, 5) is 10.7. The smallest absolute Gasteiger partial charge is 0.239 e. The van der Waals surface area contributed by atoms with Gasteiger partial charge in [-0.15, -0.1) is 0 Å². The molecular formula is C36H38FN5O4S. The van der Waals surface area contributed by atoms with Gasteiger partial charge in [0.1, 0.15) is 30.0 Å². The Labute approximate surface area is 275 Å². The summed E-state index contributed by atoms with van der Waals surface area (Å²) in [5.41, 5.74) is 3.45. The molecule has 0 amide bonds. The van der Waals surface area contributed by atoms with Gasteiger partial charge in [0.15, 0.2) is 0 Å². The van der Waals surface area contributed by atoms with Gasteiger partial charge in [0.05, 0.1) is 36.9 Å². The van der Waals surface area contributed by atoms with Crippen molar-refractivity contribution in [1.82, 2.24) is 9.97 Å². The van der Waals surface area contributed by atoms with E-state index in [0.717, 1.165) is 40.3 Å². The van der Waals surface area contributed by atoms with Crippen molar-refractivity contribution in [1.29, 1.82) is 5.26 Å². The number of halogens is 1. The average Bonchev–Trinajstić information content (AvgIpc) is 3.01. The third-order valence-electron chi connectivity index (χ3n) is 9.46. The van der Waals surface area contributed by atoms with Crippen molar-refractivity contribution in [3.8, 4) is 17.6 Å². The molecule has 2 fully saturated rings. The molecule has 0 unspecified atom stereocenters. The largest absolute Gasteiger partial charge is 0.497 e. The molecule has 1 saturated heterocycles. The van der Waals surface area contributed by atoms with Crippen molar-refractivity contribution >= 4 is 21.7 Å². The third-order valence-corrected chi connectivity index (χ3v) is 10.6. The predicted molar refractivity (Wildman–Crippen MR) is 179 cm³/mol. The summed E-state index contributed by atoms with van der Waals surface area (Å²) in [7, 11) is -2.11. The number of sulfonamides is 1. The lowest BCUT2D eigenvalue weighted by Gasteiger charge is -2.57. The lowest BCUT2D eigenvalue weighted by Crippen LogP contribution is -2.60. The SMILES string of the molecule is COc1ccc(CN(c2nccc(COc3ccc(C(C)(C)c4cc(F)c(N5CC6(CCC6)C5)c(C#N)c4)cc3)n2)S(C)(=O)=O)cc1. The Hall–Kier alpha value is -4.69. The zero-order valence-corrected chi connectivity index (χ0v) is 27.8. The van der Waals surface area contributed by atoms with Crippen LogP contribution in [0.3, 0.4) is 0 Å². The van der Waals surface area contributed by atoms with Crippen LogP contribution in [-0.2, 0) is 28.6 Å². The highest BCUT2D eigenvalue weighted by Gasteiger charge is 2.48. The molecule has 1 aliphatic heterocycles. The van der Waals surface area contributed by atoms with Crippen LogP contribution in [-0.4, -0.2) is 44.8 Å². The number of rotatable bonds is 11. The van der Waals surface area contributed by atoms with Crippen molar-refractivity contribution in [3.63, 3.8) is 0 Å². The molecule has 6 rings (SSSR count). The van der Waals surface area contributed by atoms with Gasteiger partial charge >= 0.3 is 0 Å². The van der Waals surface area contributed by atoms with Crippen molar-refractivity contribution < 1.29 is 22.3 Å². The first-order valence-electron chi connectivity index (χ1n) is 15.6. The maximum atomic E-state index is 15.5. The standard InChI is InChI=1S/C36H38FN5O4S/c1-35(2,28-18-26(20-38)33(32(37)19-28)41-23-36(24-41)15-5-16-36)27-8-12-31(13-9-27)46-22-29-14-17-39-34(40-29)42(47(4,43)44)21-25-6-10-30(45-3)11-7-25/h6-14,17-19H,5,15-16,21-24H2,1-4H3. The summed E-state index contributed by atoms with van der Waals surface area (Å²) in [6, 6.07) is 21.9. The van der Waals surface area contributed by atoms with Crippen LogP contribution < -0.4 is 18.7 Å². The van der Waals surface area contributed by atoms with E-state index in [1.54, 1.807) is 43.5 Å². The molecule has 47 heavy (non-hydrogen) atoms. The van der Waals surface area contributed by atoms with E-state index in [1.165, 1.54) is 25.5 Å². The van der Waals surface area contributed by atoms with Crippen molar-refractivity contribution in [2.45, 2.75) is 51.7 Å². The van der Waals surface area contributed by atoms with Gasteiger partial charge in [-0.2, -0.15) is 5.26 Å². The quantitative estimate of drug-likeness (QED) is 0.184. The Morgan fingerprint density at radius 3 is 2.30 bits per heavy atom. The lowest BCUT2D eigenvalue weighted by molar-refractivity contribution is 0.0897. The van der Waals surface area contributed by atoms with E-state index in [1.807, 2.05) is 49.1 Å². The number of nitrogens with zero attached hydrogens (tertiary/aromatic N) is 5. The van der Waals surface area contributed by atoms with E-state index in [0.29, 0.717) is 33.9 Å². The average molecular weight is 656 g/mol. The molecule has 4 aromatic rings. The van der Waals surface area contributed by atoms with E-state index < -0.39 is 15.4 Å². The highest BCUT2D eigenvalue weighted by Crippen LogP contribution is 2.50. The normalized spacial score (nSPS) is 15.4. The minimum absolute atomic E-state index is 0.0492. The molecule has 11 heteroatoms. The van der Waals surface area contributed by atoms with Gasteiger partial charge in [-0.3, -0.25) is 0 Å². The topological polar surface area (TPSA) is 109 Å². The number of methoxy groups -OCH3 is 1. The molecule has 1 saturated carbocycles. The molecule has 0 bridgehead atoms. The Morgan fingerprint density at radius 2 is 1.70 bits per heavy atom. The summed E-state index contributed by atoms with van der Waals surface area (Å²) in [5, 5.41) is 9.93. The van der Waals surface area contributed by atoms with Gasteiger partial charge in [0, 0.05) is 30.1 Å². The first-order chi connectivity index (χ1) is 22.4. The number of nitriles is 1. The predicted octanol–water partition coefficient (Wildman–Crippen LogP) is 6.36. The summed E-state index contributed by atoms with van der Waals surface area (Å²) in [6.45, 7) is 5.80. The highest BCUT2D eigenvalue weighted by molar-refractivity contribution is 7.92. The highest BCUT2D eigenvalue weighted by atomic mass is 32.2. The van der Waals surface area contributed by atoms with E-state index >= 15 is 4.39 Å². The first kappa shape index (κ1) is 32.3. The summed E-state index contributed by atoms with van der Waals surface area (Å²) >= 11 is 0.